The molecule has 1 aliphatic carbocycles. The molecule has 3 N–H and O–H groups in total. The molecule has 1 aliphatic rings. The molecular formula is C18H26N2O2. The lowest BCUT2D eigenvalue weighted by Gasteiger charge is -2.36. The quantitative estimate of drug-likeness (QED) is 0.894. The molecular weight excluding hydrogens is 276 g/mol. The average molecular weight is 302 g/mol. The van der Waals surface area contributed by atoms with E-state index >= 15 is 0 Å². The zero-order chi connectivity index (χ0) is 16.3. The van der Waals surface area contributed by atoms with Crippen LogP contribution in [0.4, 0.5) is 5.69 Å². The zero-order valence-corrected chi connectivity index (χ0v) is 13.6. The van der Waals surface area contributed by atoms with Gasteiger partial charge in [0.25, 0.3) is 0 Å². The first-order valence-corrected chi connectivity index (χ1v) is 8.09. The van der Waals surface area contributed by atoms with E-state index in [-0.39, 0.29) is 11.8 Å². The highest BCUT2D eigenvalue weighted by Crippen LogP contribution is 2.38. The fourth-order valence-electron chi connectivity index (χ4n) is 3.46. The molecule has 0 radical (unpaired) electrons. The Labute approximate surface area is 132 Å². The molecule has 0 bridgehead atoms. The van der Waals surface area contributed by atoms with Crippen molar-refractivity contribution >= 4 is 17.5 Å². The second-order valence-electron chi connectivity index (χ2n) is 6.86. The van der Waals surface area contributed by atoms with Gasteiger partial charge >= 0.3 is 0 Å². The van der Waals surface area contributed by atoms with Crippen molar-refractivity contribution in [2.75, 3.05) is 5.32 Å². The number of amides is 2. The molecule has 3 unspecified atom stereocenters. The molecule has 0 saturated heterocycles. The maximum Gasteiger partial charge on any atom is 0.248 e. The standard InChI is InChI=1S/C18H26N2O2/c1-11(2)15-9-4-12(3)10-16(15)18(22)20-14-7-5-13(6-8-14)17(19)21/h5-8,11-12,15-16H,4,9-10H2,1-3H3,(H2,19,21)(H,20,22). The van der Waals surface area contributed by atoms with Crippen LogP contribution in [0.25, 0.3) is 0 Å². The number of benzene rings is 1. The second-order valence-corrected chi connectivity index (χ2v) is 6.86. The van der Waals surface area contributed by atoms with Gasteiger partial charge in [0, 0.05) is 17.2 Å². The van der Waals surface area contributed by atoms with Gasteiger partial charge in [0.15, 0.2) is 0 Å². The van der Waals surface area contributed by atoms with Crippen molar-refractivity contribution in [3.8, 4) is 0 Å². The number of rotatable bonds is 4. The summed E-state index contributed by atoms with van der Waals surface area (Å²) in [5.74, 6) is 1.26. The predicted octanol–water partition coefficient (Wildman–Crippen LogP) is 3.43. The molecule has 1 aromatic rings. The SMILES string of the molecule is CC1CCC(C(C)C)C(C(=O)Nc2ccc(C(N)=O)cc2)C1. The van der Waals surface area contributed by atoms with Gasteiger partial charge in [0.1, 0.15) is 0 Å². The van der Waals surface area contributed by atoms with E-state index in [2.05, 4.69) is 26.1 Å². The van der Waals surface area contributed by atoms with Crippen LogP contribution in [0.2, 0.25) is 0 Å². The first-order valence-electron chi connectivity index (χ1n) is 8.09. The summed E-state index contributed by atoms with van der Waals surface area (Å²) >= 11 is 0. The van der Waals surface area contributed by atoms with Gasteiger partial charge < -0.3 is 11.1 Å². The first kappa shape index (κ1) is 16.5. The van der Waals surface area contributed by atoms with Gasteiger partial charge in [-0.05, 0) is 54.9 Å². The Morgan fingerprint density at radius 3 is 2.36 bits per heavy atom. The molecule has 0 aromatic heterocycles. The molecule has 4 heteroatoms. The van der Waals surface area contributed by atoms with Crippen molar-refractivity contribution in [1.82, 2.24) is 0 Å². The van der Waals surface area contributed by atoms with E-state index in [0.717, 1.165) is 18.5 Å². The number of primary amides is 1. The van der Waals surface area contributed by atoms with Crippen LogP contribution in [0, 0.1) is 23.7 Å². The van der Waals surface area contributed by atoms with Gasteiger partial charge in [-0.25, -0.2) is 0 Å². The summed E-state index contributed by atoms with van der Waals surface area (Å²) in [7, 11) is 0. The smallest absolute Gasteiger partial charge is 0.248 e. The summed E-state index contributed by atoms with van der Waals surface area (Å²) in [4.78, 5) is 23.7. The second kappa shape index (κ2) is 6.95. The van der Waals surface area contributed by atoms with Crippen LogP contribution in [0.15, 0.2) is 24.3 Å². The van der Waals surface area contributed by atoms with E-state index in [1.165, 1.54) is 6.42 Å². The minimum atomic E-state index is -0.459. The van der Waals surface area contributed by atoms with Crippen LogP contribution < -0.4 is 11.1 Å². The van der Waals surface area contributed by atoms with E-state index in [1.807, 2.05) is 0 Å². The summed E-state index contributed by atoms with van der Waals surface area (Å²) in [5, 5.41) is 2.99. The van der Waals surface area contributed by atoms with E-state index in [1.54, 1.807) is 24.3 Å². The predicted molar refractivity (Wildman–Crippen MR) is 88.4 cm³/mol. The number of nitrogens with two attached hydrogens (primary N) is 1. The molecule has 1 fully saturated rings. The molecule has 120 valence electrons. The van der Waals surface area contributed by atoms with E-state index in [0.29, 0.717) is 23.3 Å². The van der Waals surface area contributed by atoms with Crippen LogP contribution >= 0.6 is 0 Å². The topological polar surface area (TPSA) is 72.2 Å². The van der Waals surface area contributed by atoms with E-state index in [4.69, 9.17) is 5.73 Å². The third-order valence-corrected chi connectivity index (χ3v) is 4.80. The van der Waals surface area contributed by atoms with Gasteiger partial charge in [0.2, 0.25) is 11.8 Å². The molecule has 0 heterocycles. The van der Waals surface area contributed by atoms with E-state index < -0.39 is 5.91 Å². The minimum Gasteiger partial charge on any atom is -0.366 e. The molecule has 2 rings (SSSR count). The largest absolute Gasteiger partial charge is 0.366 e. The lowest BCUT2D eigenvalue weighted by atomic mass is 9.70. The third-order valence-electron chi connectivity index (χ3n) is 4.80. The monoisotopic (exact) mass is 302 g/mol. The minimum absolute atomic E-state index is 0.0690. The van der Waals surface area contributed by atoms with Gasteiger partial charge in [-0.3, -0.25) is 9.59 Å². The Hall–Kier alpha value is -1.84. The molecule has 0 spiro atoms. The highest BCUT2D eigenvalue weighted by molar-refractivity contribution is 5.95. The van der Waals surface area contributed by atoms with Crippen molar-refractivity contribution in [2.45, 2.75) is 40.0 Å². The number of hydrogen-bond acceptors (Lipinski definition) is 2. The summed E-state index contributed by atoms with van der Waals surface area (Å²) < 4.78 is 0. The molecule has 1 saturated carbocycles. The lowest BCUT2D eigenvalue weighted by molar-refractivity contribution is -0.123. The Bertz CT molecular complexity index is 537. The normalized spacial score (nSPS) is 25.0. The lowest BCUT2D eigenvalue weighted by Crippen LogP contribution is -2.36. The number of nitrogens with one attached hydrogen (secondary N) is 1. The Morgan fingerprint density at radius 2 is 1.82 bits per heavy atom. The number of hydrogen-bond donors (Lipinski definition) is 2. The molecule has 2 amide bonds. The highest BCUT2D eigenvalue weighted by Gasteiger charge is 2.35. The van der Waals surface area contributed by atoms with Crippen molar-refractivity contribution < 1.29 is 9.59 Å². The Kier molecular flexibility index (Phi) is 5.22. The van der Waals surface area contributed by atoms with Crippen molar-refractivity contribution in [3.63, 3.8) is 0 Å². The van der Waals surface area contributed by atoms with Gasteiger partial charge in [0.05, 0.1) is 0 Å². The maximum atomic E-state index is 12.6. The Morgan fingerprint density at radius 1 is 1.18 bits per heavy atom. The third kappa shape index (κ3) is 3.87. The Balaban J connectivity index is 2.07. The van der Waals surface area contributed by atoms with Crippen LogP contribution in [-0.2, 0) is 4.79 Å². The average Bonchev–Trinajstić information content (AvgIpc) is 2.47. The molecule has 3 atom stereocenters. The van der Waals surface area contributed by atoms with Crippen LogP contribution in [0.3, 0.4) is 0 Å². The molecule has 22 heavy (non-hydrogen) atoms. The fourth-order valence-corrected chi connectivity index (χ4v) is 3.46. The van der Waals surface area contributed by atoms with Crippen molar-refractivity contribution in [3.05, 3.63) is 29.8 Å². The summed E-state index contributed by atoms with van der Waals surface area (Å²) in [5.41, 5.74) is 6.39. The van der Waals surface area contributed by atoms with Crippen molar-refractivity contribution in [1.29, 1.82) is 0 Å². The van der Waals surface area contributed by atoms with Crippen LogP contribution in [-0.4, -0.2) is 11.8 Å². The number of anilines is 1. The van der Waals surface area contributed by atoms with Crippen LogP contribution in [0.1, 0.15) is 50.4 Å². The van der Waals surface area contributed by atoms with Crippen molar-refractivity contribution in [2.24, 2.45) is 29.4 Å². The van der Waals surface area contributed by atoms with Gasteiger partial charge in [-0.2, -0.15) is 0 Å². The summed E-state index contributed by atoms with van der Waals surface area (Å²) in [6.07, 6.45) is 3.28. The van der Waals surface area contributed by atoms with Gasteiger partial charge in [-0.15, -0.1) is 0 Å². The first-order chi connectivity index (χ1) is 10.4. The highest BCUT2D eigenvalue weighted by atomic mass is 16.2. The van der Waals surface area contributed by atoms with Crippen LogP contribution in [0.5, 0.6) is 0 Å². The number of carbonyl (C=O) groups is 2. The summed E-state index contributed by atoms with van der Waals surface area (Å²) in [6.45, 7) is 6.61. The molecule has 4 nitrogen and oxygen atoms in total. The fraction of sp³-hybridized carbons (Fsp3) is 0.556. The zero-order valence-electron chi connectivity index (χ0n) is 13.6. The maximum absolute atomic E-state index is 12.6. The number of carbonyl (C=O) groups excluding carboxylic acids is 2. The molecule has 1 aromatic carbocycles. The van der Waals surface area contributed by atoms with Gasteiger partial charge in [-0.1, -0.05) is 27.2 Å². The summed E-state index contributed by atoms with van der Waals surface area (Å²) in [6, 6.07) is 6.74. The molecule has 0 aliphatic heterocycles. The van der Waals surface area contributed by atoms with E-state index in [9.17, 15) is 9.59 Å².